The fourth-order valence-corrected chi connectivity index (χ4v) is 1.93. The highest BCUT2D eigenvalue weighted by Crippen LogP contribution is 2.29. The van der Waals surface area contributed by atoms with E-state index in [4.69, 9.17) is 21.1 Å². The second-order valence-corrected chi connectivity index (χ2v) is 4.19. The predicted molar refractivity (Wildman–Crippen MR) is 62.7 cm³/mol. The molecule has 0 spiro atoms. The van der Waals surface area contributed by atoms with Gasteiger partial charge in [0.2, 0.25) is 0 Å². The van der Waals surface area contributed by atoms with Crippen LogP contribution in [0.3, 0.4) is 0 Å². The topological polar surface area (TPSA) is 78.7 Å². The summed E-state index contributed by atoms with van der Waals surface area (Å²) in [6, 6.07) is 4.15. The molecule has 18 heavy (non-hydrogen) atoms. The largest absolute Gasteiger partial charge is 0.456 e. The molecule has 1 unspecified atom stereocenters. The highest BCUT2D eigenvalue weighted by molar-refractivity contribution is 6.33. The van der Waals surface area contributed by atoms with Gasteiger partial charge in [0, 0.05) is 6.42 Å². The molecule has 0 bridgehead atoms. The van der Waals surface area contributed by atoms with E-state index in [1.54, 1.807) is 0 Å². The molecule has 0 radical (unpaired) electrons. The monoisotopic (exact) mass is 271 g/mol. The number of hydrogen-bond donors (Lipinski definition) is 0. The molecule has 0 aliphatic carbocycles. The first kappa shape index (κ1) is 12.8. The number of carbonyl (C=O) groups is 1. The highest BCUT2D eigenvalue weighted by Gasteiger charge is 2.28. The van der Waals surface area contributed by atoms with Crippen molar-refractivity contribution in [3.8, 4) is 0 Å². The Kier molecular flexibility index (Phi) is 3.78. The molecule has 6 nitrogen and oxygen atoms in total. The van der Waals surface area contributed by atoms with Crippen LogP contribution in [-0.4, -0.2) is 30.2 Å². The van der Waals surface area contributed by atoms with E-state index in [2.05, 4.69) is 0 Å². The Balaban J connectivity index is 2.24. The van der Waals surface area contributed by atoms with Crippen LogP contribution in [-0.2, 0) is 9.47 Å². The van der Waals surface area contributed by atoms with Crippen molar-refractivity contribution in [3.63, 3.8) is 0 Å². The van der Waals surface area contributed by atoms with E-state index in [-0.39, 0.29) is 16.7 Å². The van der Waals surface area contributed by atoms with Crippen LogP contribution in [0.15, 0.2) is 18.2 Å². The molecule has 1 aromatic carbocycles. The Hall–Kier alpha value is -1.66. The van der Waals surface area contributed by atoms with Gasteiger partial charge in [-0.05, 0) is 12.1 Å². The molecule has 1 aliphatic heterocycles. The molecule has 96 valence electrons. The summed E-state index contributed by atoms with van der Waals surface area (Å²) in [6.07, 6.45) is 0.246. The molecule has 1 aromatic rings. The summed E-state index contributed by atoms with van der Waals surface area (Å²) in [5, 5.41) is 10.8. The van der Waals surface area contributed by atoms with Crippen molar-refractivity contribution in [2.45, 2.75) is 12.5 Å². The summed E-state index contributed by atoms with van der Waals surface area (Å²) < 4.78 is 10.2. The molecule has 0 N–H and O–H groups in total. The van der Waals surface area contributed by atoms with Gasteiger partial charge in [0.05, 0.1) is 18.1 Å². The number of rotatable bonds is 3. The highest BCUT2D eigenvalue weighted by atomic mass is 35.5. The minimum atomic E-state index is -0.750. The molecule has 7 heteroatoms. The maximum absolute atomic E-state index is 11.8. The van der Waals surface area contributed by atoms with E-state index in [0.29, 0.717) is 19.6 Å². The van der Waals surface area contributed by atoms with Gasteiger partial charge in [0.25, 0.3) is 0 Å². The smallest absolute Gasteiger partial charge is 0.345 e. The van der Waals surface area contributed by atoms with Crippen LogP contribution < -0.4 is 0 Å². The summed E-state index contributed by atoms with van der Waals surface area (Å²) in [7, 11) is 0. The van der Waals surface area contributed by atoms with Crippen molar-refractivity contribution in [1.29, 1.82) is 0 Å². The van der Waals surface area contributed by atoms with Crippen molar-refractivity contribution >= 4 is 23.3 Å². The number of halogens is 1. The lowest BCUT2D eigenvalue weighted by molar-refractivity contribution is -0.385. The normalized spacial score (nSPS) is 18.6. The number of ether oxygens (including phenoxy) is 2. The van der Waals surface area contributed by atoms with E-state index < -0.39 is 16.6 Å². The Morgan fingerprint density at radius 2 is 2.33 bits per heavy atom. The zero-order valence-electron chi connectivity index (χ0n) is 9.30. The van der Waals surface area contributed by atoms with Crippen molar-refractivity contribution in [2.75, 3.05) is 13.2 Å². The molecule has 1 saturated heterocycles. The second kappa shape index (κ2) is 5.32. The maximum Gasteiger partial charge on any atom is 0.345 e. The summed E-state index contributed by atoms with van der Waals surface area (Å²) in [6.45, 7) is 0.843. The lowest BCUT2D eigenvalue weighted by atomic mass is 10.2. The number of para-hydroxylation sites is 1. The van der Waals surface area contributed by atoms with Gasteiger partial charge in [0.1, 0.15) is 16.7 Å². The van der Waals surface area contributed by atoms with E-state index in [9.17, 15) is 14.9 Å². The predicted octanol–water partition coefficient (Wildman–Crippen LogP) is 2.19. The molecular formula is C11H10ClNO5. The standard InChI is InChI=1S/C11H10ClNO5/c12-9-3-1-2-8(10(9)13(15)16)11(14)18-7-4-5-17-6-7/h1-3,7H,4-6H2. The van der Waals surface area contributed by atoms with Gasteiger partial charge in [-0.3, -0.25) is 10.1 Å². The third kappa shape index (κ3) is 2.60. The van der Waals surface area contributed by atoms with Crippen LogP contribution >= 0.6 is 11.6 Å². The third-order valence-corrected chi connectivity index (χ3v) is 2.86. The number of nitro benzene ring substituents is 1. The fraction of sp³-hybridized carbons (Fsp3) is 0.364. The van der Waals surface area contributed by atoms with Crippen molar-refractivity contribution < 1.29 is 19.2 Å². The molecule has 1 atom stereocenters. The van der Waals surface area contributed by atoms with Crippen LogP contribution in [0.1, 0.15) is 16.8 Å². The summed E-state index contributed by atoms with van der Waals surface area (Å²) in [5.74, 6) is -0.750. The molecule has 0 amide bonds. The van der Waals surface area contributed by atoms with E-state index in [1.165, 1.54) is 18.2 Å². The van der Waals surface area contributed by atoms with Crippen LogP contribution in [0, 0.1) is 10.1 Å². The van der Waals surface area contributed by atoms with Gasteiger partial charge in [-0.25, -0.2) is 4.79 Å². The fourth-order valence-electron chi connectivity index (χ4n) is 1.69. The summed E-state index contributed by atoms with van der Waals surface area (Å²) in [5.41, 5.74) is -0.567. The summed E-state index contributed by atoms with van der Waals surface area (Å²) >= 11 is 5.71. The molecule has 0 saturated carbocycles. The lowest BCUT2D eigenvalue weighted by Gasteiger charge is -2.10. The Morgan fingerprint density at radius 1 is 1.56 bits per heavy atom. The average molecular weight is 272 g/mol. The van der Waals surface area contributed by atoms with Crippen LogP contribution in [0.4, 0.5) is 5.69 Å². The number of carbonyl (C=O) groups excluding carboxylic acids is 1. The molecule has 1 heterocycles. The maximum atomic E-state index is 11.8. The second-order valence-electron chi connectivity index (χ2n) is 3.78. The Morgan fingerprint density at radius 3 is 2.94 bits per heavy atom. The minimum Gasteiger partial charge on any atom is -0.456 e. The van der Waals surface area contributed by atoms with Crippen LogP contribution in [0.5, 0.6) is 0 Å². The van der Waals surface area contributed by atoms with Gasteiger partial charge in [-0.2, -0.15) is 0 Å². The molecule has 1 aliphatic rings. The van der Waals surface area contributed by atoms with E-state index in [0.717, 1.165) is 0 Å². The van der Waals surface area contributed by atoms with Crippen LogP contribution in [0.2, 0.25) is 5.02 Å². The van der Waals surface area contributed by atoms with Gasteiger partial charge >= 0.3 is 11.7 Å². The molecule has 0 aromatic heterocycles. The van der Waals surface area contributed by atoms with Crippen molar-refractivity contribution in [3.05, 3.63) is 38.9 Å². The van der Waals surface area contributed by atoms with Gasteiger partial charge in [-0.1, -0.05) is 17.7 Å². The SMILES string of the molecule is O=C(OC1CCOC1)c1cccc(Cl)c1[N+](=O)[O-]. The van der Waals surface area contributed by atoms with Crippen LogP contribution in [0.25, 0.3) is 0 Å². The van der Waals surface area contributed by atoms with E-state index >= 15 is 0 Å². The zero-order chi connectivity index (χ0) is 13.1. The number of benzene rings is 1. The Bertz CT molecular complexity index is 484. The van der Waals surface area contributed by atoms with Gasteiger partial charge < -0.3 is 9.47 Å². The third-order valence-electron chi connectivity index (χ3n) is 2.55. The first-order valence-electron chi connectivity index (χ1n) is 5.31. The van der Waals surface area contributed by atoms with Crippen molar-refractivity contribution in [2.24, 2.45) is 0 Å². The van der Waals surface area contributed by atoms with Crippen molar-refractivity contribution in [1.82, 2.24) is 0 Å². The van der Waals surface area contributed by atoms with Gasteiger partial charge in [-0.15, -0.1) is 0 Å². The van der Waals surface area contributed by atoms with E-state index in [1.807, 2.05) is 0 Å². The van der Waals surface area contributed by atoms with Gasteiger partial charge in [0.15, 0.2) is 0 Å². The number of nitro groups is 1. The molecule has 1 fully saturated rings. The number of nitrogens with zero attached hydrogens (tertiary/aromatic N) is 1. The molecular weight excluding hydrogens is 262 g/mol. The zero-order valence-corrected chi connectivity index (χ0v) is 10.1. The number of hydrogen-bond acceptors (Lipinski definition) is 5. The summed E-state index contributed by atoms with van der Waals surface area (Å²) in [4.78, 5) is 22.0. The Labute approximate surface area is 108 Å². The quantitative estimate of drug-likeness (QED) is 0.478. The lowest BCUT2D eigenvalue weighted by Crippen LogP contribution is -2.19. The molecule has 2 rings (SSSR count). The first-order valence-corrected chi connectivity index (χ1v) is 5.69. The first-order chi connectivity index (χ1) is 8.59. The average Bonchev–Trinajstić information content (AvgIpc) is 2.80. The number of esters is 1. The minimum absolute atomic E-state index is 0.0860.